The normalized spacial score (nSPS) is 29.6. The average molecular weight is 261 g/mol. The molecule has 1 saturated carbocycles. The molecule has 0 amide bonds. The molecular weight excluding hydrogens is 238 g/mol. The van der Waals surface area contributed by atoms with Crippen LogP contribution in [0.3, 0.4) is 0 Å². The van der Waals surface area contributed by atoms with Crippen molar-refractivity contribution in [3.8, 4) is 5.75 Å². The third-order valence-electron chi connectivity index (χ3n) is 4.92. The predicted octanol–water partition coefficient (Wildman–Crippen LogP) is 2.48. The summed E-state index contributed by atoms with van der Waals surface area (Å²) in [5, 5.41) is 0. The van der Waals surface area contributed by atoms with Crippen LogP contribution < -0.4 is 10.5 Å². The van der Waals surface area contributed by atoms with E-state index in [0.29, 0.717) is 12.0 Å². The quantitative estimate of drug-likeness (QED) is 0.909. The molecule has 19 heavy (non-hydrogen) atoms. The topological polar surface area (TPSA) is 44.5 Å². The van der Waals surface area contributed by atoms with E-state index in [0.717, 1.165) is 31.8 Å². The van der Waals surface area contributed by atoms with Gasteiger partial charge in [-0.15, -0.1) is 0 Å². The minimum Gasteiger partial charge on any atom is -0.497 e. The summed E-state index contributed by atoms with van der Waals surface area (Å²) in [7, 11) is 1.72. The zero-order valence-corrected chi connectivity index (χ0v) is 11.6. The molecule has 2 N–H and O–H groups in total. The highest BCUT2D eigenvalue weighted by atomic mass is 16.5. The Kier molecular flexibility index (Phi) is 3.50. The van der Waals surface area contributed by atoms with Crippen LogP contribution in [0.15, 0.2) is 24.3 Å². The van der Waals surface area contributed by atoms with Gasteiger partial charge < -0.3 is 15.2 Å². The van der Waals surface area contributed by atoms with Crippen molar-refractivity contribution in [2.45, 2.75) is 37.1 Å². The maximum Gasteiger partial charge on any atom is 0.119 e. The lowest BCUT2D eigenvalue weighted by Crippen LogP contribution is -2.53. The second-order valence-electron chi connectivity index (χ2n) is 5.99. The van der Waals surface area contributed by atoms with Crippen molar-refractivity contribution in [1.82, 2.24) is 0 Å². The third kappa shape index (κ3) is 2.26. The van der Waals surface area contributed by atoms with Gasteiger partial charge in [0.15, 0.2) is 0 Å². The van der Waals surface area contributed by atoms with E-state index in [4.69, 9.17) is 15.2 Å². The van der Waals surface area contributed by atoms with Crippen LogP contribution in [-0.2, 0) is 10.2 Å². The summed E-state index contributed by atoms with van der Waals surface area (Å²) in [6.45, 7) is 1.69. The van der Waals surface area contributed by atoms with Crippen molar-refractivity contribution in [1.29, 1.82) is 0 Å². The zero-order valence-electron chi connectivity index (χ0n) is 11.6. The fourth-order valence-electron chi connectivity index (χ4n) is 3.56. The first kappa shape index (κ1) is 12.9. The van der Waals surface area contributed by atoms with Crippen LogP contribution in [0.2, 0.25) is 0 Å². The molecule has 2 aliphatic rings. The molecule has 3 nitrogen and oxygen atoms in total. The van der Waals surface area contributed by atoms with E-state index in [2.05, 4.69) is 18.2 Å². The fourth-order valence-corrected chi connectivity index (χ4v) is 3.56. The molecule has 0 unspecified atom stereocenters. The SMILES string of the molecule is COc1cccc(C2(C3CCC(N)CC3)COC2)c1. The minimum absolute atomic E-state index is 0.203. The summed E-state index contributed by atoms with van der Waals surface area (Å²) >= 11 is 0. The number of ether oxygens (including phenoxy) is 2. The second kappa shape index (κ2) is 5.14. The highest BCUT2D eigenvalue weighted by Crippen LogP contribution is 2.46. The predicted molar refractivity (Wildman–Crippen MR) is 75.4 cm³/mol. The summed E-state index contributed by atoms with van der Waals surface area (Å²) in [5.41, 5.74) is 7.61. The molecule has 3 rings (SSSR count). The minimum atomic E-state index is 0.203. The summed E-state index contributed by atoms with van der Waals surface area (Å²) in [4.78, 5) is 0. The number of rotatable bonds is 3. The van der Waals surface area contributed by atoms with Crippen molar-refractivity contribution in [3.05, 3.63) is 29.8 Å². The smallest absolute Gasteiger partial charge is 0.119 e. The van der Waals surface area contributed by atoms with E-state index in [1.807, 2.05) is 6.07 Å². The van der Waals surface area contributed by atoms with Gasteiger partial charge >= 0.3 is 0 Å². The summed E-state index contributed by atoms with van der Waals surface area (Å²) < 4.78 is 10.9. The van der Waals surface area contributed by atoms with Crippen molar-refractivity contribution in [2.24, 2.45) is 11.7 Å². The molecule has 1 aliphatic heterocycles. The molecule has 2 fully saturated rings. The van der Waals surface area contributed by atoms with Crippen LogP contribution in [0.1, 0.15) is 31.2 Å². The highest BCUT2D eigenvalue weighted by molar-refractivity contribution is 5.36. The lowest BCUT2D eigenvalue weighted by molar-refractivity contribution is -0.0984. The average Bonchev–Trinajstić information content (AvgIpc) is 2.40. The van der Waals surface area contributed by atoms with Gasteiger partial charge in [-0.2, -0.15) is 0 Å². The number of methoxy groups -OCH3 is 1. The van der Waals surface area contributed by atoms with Gasteiger partial charge in [0.25, 0.3) is 0 Å². The second-order valence-corrected chi connectivity index (χ2v) is 5.99. The van der Waals surface area contributed by atoms with Gasteiger partial charge in [0, 0.05) is 11.5 Å². The van der Waals surface area contributed by atoms with Crippen LogP contribution in [0.25, 0.3) is 0 Å². The fraction of sp³-hybridized carbons (Fsp3) is 0.625. The first-order valence-corrected chi connectivity index (χ1v) is 7.22. The number of benzene rings is 1. The van der Waals surface area contributed by atoms with E-state index in [1.165, 1.54) is 18.4 Å². The zero-order chi connectivity index (χ0) is 13.3. The van der Waals surface area contributed by atoms with Crippen LogP contribution in [0.5, 0.6) is 5.75 Å². The first-order chi connectivity index (χ1) is 9.24. The van der Waals surface area contributed by atoms with Gasteiger partial charge in [-0.1, -0.05) is 12.1 Å². The molecule has 0 spiro atoms. The molecule has 3 heteroatoms. The molecule has 1 saturated heterocycles. The summed E-state index contributed by atoms with van der Waals surface area (Å²) in [6, 6.07) is 8.90. The van der Waals surface area contributed by atoms with Gasteiger partial charge in [-0.25, -0.2) is 0 Å². The molecule has 0 bridgehead atoms. The highest BCUT2D eigenvalue weighted by Gasteiger charge is 2.47. The lowest BCUT2D eigenvalue weighted by Gasteiger charge is -2.49. The maximum atomic E-state index is 6.03. The lowest BCUT2D eigenvalue weighted by atomic mass is 9.63. The summed E-state index contributed by atoms with van der Waals surface area (Å²) in [6.07, 6.45) is 4.75. The van der Waals surface area contributed by atoms with E-state index >= 15 is 0 Å². The monoisotopic (exact) mass is 261 g/mol. The van der Waals surface area contributed by atoms with Crippen molar-refractivity contribution in [2.75, 3.05) is 20.3 Å². The third-order valence-corrected chi connectivity index (χ3v) is 4.92. The molecule has 0 radical (unpaired) electrons. The molecule has 104 valence electrons. The summed E-state index contributed by atoms with van der Waals surface area (Å²) in [5.74, 6) is 1.64. The largest absolute Gasteiger partial charge is 0.497 e. The standard InChI is InChI=1S/C16H23NO2/c1-18-15-4-2-3-13(9-15)16(10-19-11-16)12-5-7-14(17)8-6-12/h2-4,9,12,14H,5-8,10-11,17H2,1H3. The molecule has 0 atom stereocenters. The molecule has 1 aromatic rings. The van der Waals surface area contributed by atoms with Gasteiger partial charge in [0.05, 0.1) is 20.3 Å². The van der Waals surface area contributed by atoms with Gasteiger partial charge in [0.2, 0.25) is 0 Å². The van der Waals surface area contributed by atoms with Crippen LogP contribution in [0, 0.1) is 5.92 Å². The van der Waals surface area contributed by atoms with Gasteiger partial charge in [0.1, 0.15) is 5.75 Å². The van der Waals surface area contributed by atoms with E-state index < -0.39 is 0 Å². The van der Waals surface area contributed by atoms with Crippen molar-refractivity contribution in [3.63, 3.8) is 0 Å². The van der Waals surface area contributed by atoms with Crippen LogP contribution >= 0.6 is 0 Å². The number of nitrogens with two attached hydrogens (primary N) is 1. The first-order valence-electron chi connectivity index (χ1n) is 7.22. The Morgan fingerprint density at radius 1 is 1.21 bits per heavy atom. The van der Waals surface area contributed by atoms with E-state index in [1.54, 1.807) is 7.11 Å². The van der Waals surface area contributed by atoms with Crippen molar-refractivity contribution < 1.29 is 9.47 Å². The Morgan fingerprint density at radius 2 is 1.95 bits per heavy atom. The van der Waals surface area contributed by atoms with Gasteiger partial charge in [-0.05, 0) is 49.3 Å². The van der Waals surface area contributed by atoms with Crippen molar-refractivity contribution >= 4 is 0 Å². The Hall–Kier alpha value is -1.06. The van der Waals surface area contributed by atoms with Gasteiger partial charge in [-0.3, -0.25) is 0 Å². The Bertz CT molecular complexity index is 434. The Balaban J connectivity index is 1.85. The van der Waals surface area contributed by atoms with Crippen LogP contribution in [0.4, 0.5) is 0 Å². The molecule has 1 aromatic carbocycles. The van der Waals surface area contributed by atoms with E-state index in [-0.39, 0.29) is 5.41 Å². The molecular formula is C16H23NO2. The molecule has 1 aliphatic carbocycles. The molecule has 1 heterocycles. The maximum absolute atomic E-state index is 6.03. The number of hydrogen-bond donors (Lipinski definition) is 1. The number of hydrogen-bond acceptors (Lipinski definition) is 3. The Labute approximate surface area is 115 Å². The van der Waals surface area contributed by atoms with E-state index in [9.17, 15) is 0 Å². The molecule has 0 aromatic heterocycles. The van der Waals surface area contributed by atoms with Crippen LogP contribution in [-0.4, -0.2) is 26.4 Å². The Morgan fingerprint density at radius 3 is 2.53 bits per heavy atom.